The van der Waals surface area contributed by atoms with Gasteiger partial charge in [-0.05, 0) is 37.3 Å². The van der Waals surface area contributed by atoms with E-state index in [9.17, 15) is 4.79 Å². The van der Waals surface area contributed by atoms with Gasteiger partial charge in [-0.15, -0.1) is 11.3 Å². The topological polar surface area (TPSA) is 29.1 Å². The molecule has 1 aliphatic rings. The highest BCUT2D eigenvalue weighted by Crippen LogP contribution is 2.33. The Morgan fingerprint density at radius 1 is 1.59 bits per heavy atom. The lowest BCUT2D eigenvalue weighted by Crippen LogP contribution is -2.33. The second-order valence-corrected chi connectivity index (χ2v) is 5.99. The smallest absolute Gasteiger partial charge is 0.140 e. The summed E-state index contributed by atoms with van der Waals surface area (Å²) in [5.41, 5.74) is -0.0496. The molecular formula is C14H21NOS. The number of carbonyl (C=O) groups excluding carboxylic acids is 1. The van der Waals surface area contributed by atoms with Crippen molar-refractivity contribution in [1.82, 2.24) is 5.32 Å². The number of nitrogens with one attached hydrogen (secondary N) is 1. The van der Waals surface area contributed by atoms with Crippen LogP contribution < -0.4 is 5.32 Å². The largest absolute Gasteiger partial charge is 0.316 e. The fraction of sp³-hybridized carbons (Fsp3) is 0.643. The zero-order valence-corrected chi connectivity index (χ0v) is 11.3. The number of Topliss-reactive ketones (excluding diaryl/α,β-unsaturated/α-hetero) is 1. The van der Waals surface area contributed by atoms with E-state index in [-0.39, 0.29) is 5.41 Å². The minimum absolute atomic E-state index is 0.0496. The average Bonchev–Trinajstić information content (AvgIpc) is 2.97. The number of thiophene rings is 1. The summed E-state index contributed by atoms with van der Waals surface area (Å²) in [6, 6.07) is 4.18. The fourth-order valence-electron chi connectivity index (χ4n) is 2.77. The predicted molar refractivity (Wildman–Crippen MR) is 72.5 cm³/mol. The molecule has 17 heavy (non-hydrogen) atoms. The molecule has 3 heteroatoms. The van der Waals surface area contributed by atoms with Crippen molar-refractivity contribution < 1.29 is 4.79 Å². The first-order valence-electron chi connectivity index (χ1n) is 6.53. The van der Waals surface area contributed by atoms with Crippen molar-refractivity contribution in [3.63, 3.8) is 0 Å². The molecule has 0 saturated carbocycles. The lowest BCUT2D eigenvalue weighted by Gasteiger charge is -2.26. The molecule has 0 radical (unpaired) electrons. The van der Waals surface area contributed by atoms with Gasteiger partial charge in [-0.3, -0.25) is 4.79 Å². The maximum atomic E-state index is 12.4. The van der Waals surface area contributed by atoms with Crippen LogP contribution in [0.3, 0.4) is 0 Å². The van der Waals surface area contributed by atoms with E-state index in [2.05, 4.69) is 29.8 Å². The lowest BCUT2D eigenvalue weighted by atomic mass is 9.77. The Morgan fingerprint density at radius 3 is 3.06 bits per heavy atom. The van der Waals surface area contributed by atoms with Gasteiger partial charge in [0.05, 0.1) is 0 Å². The number of rotatable bonds is 6. The van der Waals surface area contributed by atoms with Crippen molar-refractivity contribution in [2.75, 3.05) is 13.1 Å². The van der Waals surface area contributed by atoms with E-state index in [1.807, 2.05) is 0 Å². The first kappa shape index (κ1) is 12.8. The van der Waals surface area contributed by atoms with Crippen LogP contribution >= 0.6 is 11.3 Å². The van der Waals surface area contributed by atoms with Gasteiger partial charge < -0.3 is 5.32 Å². The molecule has 2 heterocycles. The number of aryl methyl sites for hydroxylation is 1. The minimum atomic E-state index is -0.0496. The molecule has 1 aromatic heterocycles. The monoisotopic (exact) mass is 251 g/mol. The summed E-state index contributed by atoms with van der Waals surface area (Å²) in [5, 5.41) is 5.44. The quantitative estimate of drug-likeness (QED) is 0.842. The van der Waals surface area contributed by atoms with Crippen LogP contribution in [-0.4, -0.2) is 18.9 Å². The fourth-order valence-corrected chi connectivity index (χ4v) is 3.48. The molecule has 1 unspecified atom stereocenters. The molecule has 1 saturated heterocycles. The number of ketones is 1. The number of hydrogen-bond donors (Lipinski definition) is 1. The Kier molecular flexibility index (Phi) is 4.35. The Hall–Kier alpha value is -0.670. The molecule has 1 fully saturated rings. The van der Waals surface area contributed by atoms with Crippen molar-refractivity contribution in [3.8, 4) is 0 Å². The molecule has 0 aliphatic carbocycles. The first-order chi connectivity index (χ1) is 8.27. The zero-order valence-electron chi connectivity index (χ0n) is 10.5. The predicted octanol–water partition coefficient (Wildman–Crippen LogP) is 3.03. The molecular weight excluding hydrogens is 230 g/mol. The summed E-state index contributed by atoms with van der Waals surface area (Å²) >= 11 is 1.75. The maximum absolute atomic E-state index is 12.4. The summed E-state index contributed by atoms with van der Waals surface area (Å²) < 4.78 is 0. The van der Waals surface area contributed by atoms with E-state index in [4.69, 9.17) is 0 Å². The standard InChI is InChI=1S/C14H21NOS/c1-2-7-14(8-9-15-11-14)13(16)6-5-12-4-3-10-17-12/h3-4,10,15H,2,5-9,11H2,1H3. The van der Waals surface area contributed by atoms with Crippen molar-refractivity contribution in [1.29, 1.82) is 0 Å². The summed E-state index contributed by atoms with van der Waals surface area (Å²) in [4.78, 5) is 13.7. The van der Waals surface area contributed by atoms with E-state index in [1.165, 1.54) is 4.88 Å². The molecule has 1 aliphatic heterocycles. The van der Waals surface area contributed by atoms with Crippen LogP contribution in [0.1, 0.15) is 37.5 Å². The number of carbonyl (C=O) groups is 1. The van der Waals surface area contributed by atoms with Crippen molar-refractivity contribution in [3.05, 3.63) is 22.4 Å². The highest BCUT2D eigenvalue weighted by atomic mass is 32.1. The maximum Gasteiger partial charge on any atom is 0.140 e. The molecule has 0 spiro atoms. The third-order valence-electron chi connectivity index (χ3n) is 3.74. The van der Waals surface area contributed by atoms with E-state index < -0.39 is 0 Å². The molecule has 0 bridgehead atoms. The van der Waals surface area contributed by atoms with Crippen LogP contribution in [0.5, 0.6) is 0 Å². The normalized spacial score (nSPS) is 24.1. The Bertz CT molecular complexity index is 352. The van der Waals surface area contributed by atoms with Gasteiger partial charge in [0.2, 0.25) is 0 Å². The van der Waals surface area contributed by atoms with Crippen molar-refractivity contribution in [2.24, 2.45) is 5.41 Å². The summed E-state index contributed by atoms with van der Waals surface area (Å²) in [6.45, 7) is 4.07. The van der Waals surface area contributed by atoms with E-state index in [0.29, 0.717) is 12.2 Å². The highest BCUT2D eigenvalue weighted by molar-refractivity contribution is 7.09. The molecule has 1 atom stereocenters. The summed E-state index contributed by atoms with van der Waals surface area (Å²) in [5.74, 6) is 0.470. The Labute approximate surface area is 107 Å². The van der Waals surface area contributed by atoms with Gasteiger partial charge >= 0.3 is 0 Å². The van der Waals surface area contributed by atoms with Gasteiger partial charge in [0.1, 0.15) is 5.78 Å². The highest BCUT2D eigenvalue weighted by Gasteiger charge is 2.39. The summed E-state index contributed by atoms with van der Waals surface area (Å²) in [7, 11) is 0. The average molecular weight is 251 g/mol. The molecule has 2 nitrogen and oxygen atoms in total. The van der Waals surface area contributed by atoms with Gasteiger partial charge in [0, 0.05) is 23.3 Å². The van der Waals surface area contributed by atoms with Gasteiger partial charge in [-0.1, -0.05) is 19.4 Å². The van der Waals surface area contributed by atoms with Crippen LogP contribution in [0.4, 0.5) is 0 Å². The van der Waals surface area contributed by atoms with Gasteiger partial charge in [-0.2, -0.15) is 0 Å². The van der Waals surface area contributed by atoms with Crippen molar-refractivity contribution in [2.45, 2.75) is 39.0 Å². The molecule has 0 amide bonds. The first-order valence-corrected chi connectivity index (χ1v) is 7.41. The van der Waals surface area contributed by atoms with Gasteiger partial charge in [0.25, 0.3) is 0 Å². The molecule has 0 aromatic carbocycles. The van der Waals surface area contributed by atoms with Crippen LogP contribution in [0.15, 0.2) is 17.5 Å². The van der Waals surface area contributed by atoms with Crippen LogP contribution in [0.25, 0.3) is 0 Å². The minimum Gasteiger partial charge on any atom is -0.316 e. The SMILES string of the molecule is CCCC1(C(=O)CCc2cccs2)CCNC1. The molecule has 2 rings (SSSR count). The van der Waals surface area contributed by atoms with Crippen LogP contribution in [-0.2, 0) is 11.2 Å². The number of hydrogen-bond acceptors (Lipinski definition) is 3. The van der Waals surface area contributed by atoms with Crippen molar-refractivity contribution >= 4 is 17.1 Å². The van der Waals surface area contributed by atoms with Crippen LogP contribution in [0.2, 0.25) is 0 Å². The lowest BCUT2D eigenvalue weighted by molar-refractivity contribution is -0.128. The van der Waals surface area contributed by atoms with Gasteiger partial charge in [-0.25, -0.2) is 0 Å². The van der Waals surface area contributed by atoms with Gasteiger partial charge in [0.15, 0.2) is 0 Å². The third kappa shape index (κ3) is 2.96. The van der Waals surface area contributed by atoms with E-state index in [0.717, 1.165) is 38.8 Å². The van der Waals surface area contributed by atoms with E-state index >= 15 is 0 Å². The molecule has 1 aromatic rings. The zero-order chi connectivity index (χ0) is 12.1. The third-order valence-corrected chi connectivity index (χ3v) is 4.68. The molecule has 94 valence electrons. The van der Waals surface area contributed by atoms with E-state index in [1.54, 1.807) is 11.3 Å². The molecule has 1 N–H and O–H groups in total. The Morgan fingerprint density at radius 2 is 2.47 bits per heavy atom. The summed E-state index contributed by atoms with van der Waals surface area (Å²) in [6.07, 6.45) is 4.81. The Balaban J connectivity index is 1.92. The van der Waals surface area contributed by atoms with Crippen LogP contribution in [0, 0.1) is 5.41 Å². The second-order valence-electron chi connectivity index (χ2n) is 4.96. The second kappa shape index (κ2) is 5.78.